The Labute approximate surface area is 142 Å². The second kappa shape index (κ2) is 7.55. The Morgan fingerprint density at radius 3 is 2.54 bits per heavy atom. The highest BCUT2D eigenvalue weighted by molar-refractivity contribution is 5.88. The molecule has 0 spiro atoms. The number of aromatic carboxylic acids is 1. The van der Waals surface area contributed by atoms with E-state index in [1.165, 1.54) is 31.4 Å². The number of hydrogen-bond donors (Lipinski definition) is 2. The molecule has 6 nitrogen and oxygen atoms in total. The van der Waals surface area contributed by atoms with Gasteiger partial charge in [0.2, 0.25) is 0 Å². The lowest BCUT2D eigenvalue weighted by atomic mass is 9.86. The maximum atomic E-state index is 11.8. The van der Waals surface area contributed by atoms with Crippen LogP contribution in [0.4, 0.5) is 4.79 Å². The largest absolute Gasteiger partial charge is 0.493 e. The zero-order chi connectivity index (χ0) is 17.7. The van der Waals surface area contributed by atoms with Crippen LogP contribution in [0.1, 0.15) is 56.0 Å². The summed E-state index contributed by atoms with van der Waals surface area (Å²) >= 11 is 0. The van der Waals surface area contributed by atoms with Gasteiger partial charge in [0.25, 0.3) is 0 Å². The summed E-state index contributed by atoms with van der Waals surface area (Å²) in [6.07, 6.45) is 3.02. The van der Waals surface area contributed by atoms with Crippen LogP contribution in [0.25, 0.3) is 0 Å². The van der Waals surface area contributed by atoms with Crippen molar-refractivity contribution in [3.8, 4) is 5.75 Å². The fourth-order valence-electron chi connectivity index (χ4n) is 2.34. The van der Waals surface area contributed by atoms with Crippen LogP contribution in [0, 0.1) is 5.92 Å². The van der Waals surface area contributed by atoms with Crippen molar-refractivity contribution in [2.24, 2.45) is 5.92 Å². The predicted octanol–water partition coefficient (Wildman–Crippen LogP) is 3.59. The van der Waals surface area contributed by atoms with Crippen molar-refractivity contribution in [2.45, 2.75) is 52.2 Å². The molecule has 1 aliphatic rings. The molecule has 0 aliphatic heterocycles. The second-order valence-corrected chi connectivity index (χ2v) is 7.09. The van der Waals surface area contributed by atoms with Crippen molar-refractivity contribution in [1.82, 2.24) is 5.32 Å². The molecule has 0 bridgehead atoms. The average molecular weight is 335 g/mol. The number of ether oxygens (including phenoxy) is 2. The summed E-state index contributed by atoms with van der Waals surface area (Å²) in [5.41, 5.74) is 0.198. The van der Waals surface area contributed by atoms with Gasteiger partial charge in [-0.25, -0.2) is 9.59 Å². The standard InChI is InChI=1S/C18H25NO5/c1-18(2,3)24-17(22)19-10-14-9-13(16(20)21)7-8-15(14)23-11-12-5-4-6-12/h7-9,12H,4-6,10-11H2,1-3H3,(H,19,22)(H,20,21). The van der Waals surface area contributed by atoms with Crippen molar-refractivity contribution in [3.05, 3.63) is 29.3 Å². The molecule has 1 fully saturated rings. The minimum absolute atomic E-state index is 0.149. The molecule has 0 atom stereocenters. The summed E-state index contributed by atoms with van der Waals surface area (Å²) in [5, 5.41) is 11.8. The highest BCUT2D eigenvalue weighted by Crippen LogP contribution is 2.28. The van der Waals surface area contributed by atoms with Gasteiger partial charge in [0.1, 0.15) is 11.4 Å². The van der Waals surface area contributed by atoms with Gasteiger partial charge in [-0.05, 0) is 57.7 Å². The fourth-order valence-corrected chi connectivity index (χ4v) is 2.34. The Hall–Kier alpha value is -2.24. The van der Waals surface area contributed by atoms with E-state index in [4.69, 9.17) is 14.6 Å². The van der Waals surface area contributed by atoms with Crippen LogP contribution in [-0.4, -0.2) is 29.4 Å². The van der Waals surface area contributed by atoms with Crippen molar-refractivity contribution in [2.75, 3.05) is 6.61 Å². The topological polar surface area (TPSA) is 84.9 Å². The molecule has 1 aromatic carbocycles. The molecule has 2 rings (SSSR count). The minimum Gasteiger partial charge on any atom is -0.493 e. The Bertz CT molecular complexity index is 602. The number of benzene rings is 1. The molecular formula is C18H25NO5. The quantitative estimate of drug-likeness (QED) is 0.830. The van der Waals surface area contributed by atoms with Crippen molar-refractivity contribution in [1.29, 1.82) is 0 Å². The molecule has 0 aromatic heterocycles. The summed E-state index contributed by atoms with van der Waals surface area (Å²) in [6, 6.07) is 4.68. The molecule has 0 heterocycles. The van der Waals surface area contributed by atoms with Crippen LogP contribution in [-0.2, 0) is 11.3 Å². The Kier molecular flexibility index (Phi) is 5.70. The Balaban J connectivity index is 2.03. The molecule has 2 N–H and O–H groups in total. The van der Waals surface area contributed by atoms with Gasteiger partial charge in [-0.3, -0.25) is 0 Å². The Morgan fingerprint density at radius 2 is 2.00 bits per heavy atom. The van der Waals surface area contributed by atoms with Gasteiger partial charge >= 0.3 is 12.1 Å². The van der Waals surface area contributed by atoms with E-state index in [1.54, 1.807) is 26.8 Å². The van der Waals surface area contributed by atoms with E-state index in [-0.39, 0.29) is 12.1 Å². The van der Waals surface area contributed by atoms with Gasteiger partial charge in [0, 0.05) is 12.1 Å². The van der Waals surface area contributed by atoms with Gasteiger partial charge in [0.05, 0.1) is 12.2 Å². The summed E-state index contributed by atoms with van der Waals surface area (Å²) in [6.45, 7) is 6.11. The van der Waals surface area contributed by atoms with Crippen molar-refractivity contribution >= 4 is 12.1 Å². The van der Waals surface area contributed by atoms with E-state index in [0.717, 1.165) is 0 Å². The first-order valence-corrected chi connectivity index (χ1v) is 8.20. The molecular weight excluding hydrogens is 310 g/mol. The lowest BCUT2D eigenvalue weighted by Gasteiger charge is -2.26. The van der Waals surface area contributed by atoms with E-state index in [1.807, 2.05) is 0 Å². The van der Waals surface area contributed by atoms with Crippen LogP contribution in [0.2, 0.25) is 0 Å². The fraction of sp³-hybridized carbons (Fsp3) is 0.556. The number of carbonyl (C=O) groups is 2. The first kappa shape index (κ1) is 18.1. The molecule has 1 amide bonds. The number of amides is 1. The van der Waals surface area contributed by atoms with Crippen LogP contribution < -0.4 is 10.1 Å². The molecule has 1 saturated carbocycles. The summed E-state index contributed by atoms with van der Waals surface area (Å²) in [7, 11) is 0. The number of alkyl carbamates (subject to hydrolysis) is 1. The lowest BCUT2D eigenvalue weighted by Crippen LogP contribution is -2.32. The first-order chi connectivity index (χ1) is 11.2. The normalized spacial score (nSPS) is 14.6. The zero-order valence-electron chi connectivity index (χ0n) is 14.4. The summed E-state index contributed by atoms with van der Waals surface area (Å²) < 4.78 is 11.0. The highest BCUT2D eigenvalue weighted by Gasteiger charge is 2.20. The SMILES string of the molecule is CC(C)(C)OC(=O)NCc1cc(C(=O)O)ccc1OCC1CCC1. The maximum Gasteiger partial charge on any atom is 0.407 e. The van der Waals surface area contributed by atoms with Gasteiger partial charge < -0.3 is 19.9 Å². The van der Waals surface area contributed by atoms with Gasteiger partial charge in [-0.15, -0.1) is 0 Å². The van der Waals surface area contributed by atoms with Gasteiger partial charge in [-0.1, -0.05) is 6.42 Å². The second-order valence-electron chi connectivity index (χ2n) is 7.09. The molecule has 0 unspecified atom stereocenters. The summed E-state index contributed by atoms with van der Waals surface area (Å²) in [4.78, 5) is 23.0. The molecule has 0 radical (unpaired) electrons. The van der Waals surface area contributed by atoms with E-state index >= 15 is 0 Å². The summed E-state index contributed by atoms with van der Waals surface area (Å²) in [5.74, 6) is 0.151. The molecule has 6 heteroatoms. The monoisotopic (exact) mass is 335 g/mol. The number of carboxylic acids is 1. The molecule has 24 heavy (non-hydrogen) atoms. The number of carboxylic acid groups (broad SMARTS) is 1. The van der Waals surface area contributed by atoms with Crippen LogP contribution >= 0.6 is 0 Å². The smallest absolute Gasteiger partial charge is 0.407 e. The maximum absolute atomic E-state index is 11.8. The number of hydrogen-bond acceptors (Lipinski definition) is 4. The predicted molar refractivity (Wildman–Crippen MR) is 89.3 cm³/mol. The molecule has 132 valence electrons. The van der Waals surface area contributed by atoms with E-state index < -0.39 is 17.7 Å². The molecule has 1 aliphatic carbocycles. The van der Waals surface area contributed by atoms with E-state index in [2.05, 4.69) is 5.32 Å². The third-order valence-corrected chi connectivity index (χ3v) is 3.83. The molecule has 0 saturated heterocycles. The van der Waals surface area contributed by atoms with E-state index in [9.17, 15) is 9.59 Å². The number of rotatable bonds is 6. The van der Waals surface area contributed by atoms with Crippen molar-refractivity contribution < 1.29 is 24.2 Å². The number of carbonyl (C=O) groups excluding carboxylic acids is 1. The zero-order valence-corrected chi connectivity index (χ0v) is 14.4. The third-order valence-electron chi connectivity index (χ3n) is 3.83. The van der Waals surface area contributed by atoms with Crippen LogP contribution in [0.15, 0.2) is 18.2 Å². The lowest BCUT2D eigenvalue weighted by molar-refractivity contribution is 0.0522. The minimum atomic E-state index is -1.01. The van der Waals surface area contributed by atoms with E-state index in [0.29, 0.717) is 23.8 Å². The third kappa shape index (κ3) is 5.44. The van der Waals surface area contributed by atoms with Crippen LogP contribution in [0.5, 0.6) is 5.75 Å². The first-order valence-electron chi connectivity index (χ1n) is 8.20. The van der Waals surface area contributed by atoms with Gasteiger partial charge in [-0.2, -0.15) is 0 Å². The van der Waals surface area contributed by atoms with Crippen LogP contribution in [0.3, 0.4) is 0 Å². The Morgan fingerprint density at radius 1 is 1.29 bits per heavy atom. The molecule has 1 aromatic rings. The van der Waals surface area contributed by atoms with Gasteiger partial charge in [0.15, 0.2) is 0 Å². The number of nitrogens with one attached hydrogen (secondary N) is 1. The van der Waals surface area contributed by atoms with Crippen molar-refractivity contribution in [3.63, 3.8) is 0 Å². The average Bonchev–Trinajstić information content (AvgIpc) is 2.42. The highest BCUT2D eigenvalue weighted by atomic mass is 16.6.